The fraction of sp³-hybridized carbons (Fsp3) is 0.714. The minimum Gasteiger partial charge on any atom is -0.396 e. The number of aliphatic hydroxyl groups is 2. The number of nitrogens with zero attached hydrogens (tertiary/aromatic N) is 3. The molecule has 1 fully saturated rings. The van der Waals surface area contributed by atoms with Crippen LogP contribution >= 0.6 is 0 Å². The summed E-state index contributed by atoms with van der Waals surface area (Å²) in [7, 11) is 0. The molecule has 1 unspecified atom stereocenters. The number of nitrogens with one attached hydrogen (secondary N) is 2. The Morgan fingerprint density at radius 3 is 2.67 bits per heavy atom. The Hall–Kier alpha value is -1.44. The number of hydrogen-bond donors (Lipinski definition) is 4. The molecule has 4 N–H and O–H groups in total. The lowest BCUT2D eigenvalue weighted by atomic mass is 9.99. The van der Waals surface area contributed by atoms with Gasteiger partial charge in [0.2, 0.25) is 0 Å². The molecule has 118 valence electrons. The number of aromatic nitrogens is 2. The first kappa shape index (κ1) is 15.9. The van der Waals surface area contributed by atoms with Crippen molar-refractivity contribution in [2.24, 2.45) is 5.92 Å². The first-order chi connectivity index (χ1) is 10.3. The van der Waals surface area contributed by atoms with Gasteiger partial charge in [-0.25, -0.2) is 9.97 Å². The molecule has 0 saturated carbocycles. The summed E-state index contributed by atoms with van der Waals surface area (Å²) in [6.45, 7) is 4.68. The quantitative estimate of drug-likeness (QED) is 0.536. The maximum Gasteiger partial charge on any atom is 0.131 e. The molecule has 7 heteroatoms. The lowest BCUT2D eigenvalue weighted by Crippen LogP contribution is -2.39. The molecule has 0 amide bonds. The Kier molecular flexibility index (Phi) is 6.65. The molecule has 0 aliphatic carbocycles. The summed E-state index contributed by atoms with van der Waals surface area (Å²) >= 11 is 0. The van der Waals surface area contributed by atoms with Crippen LogP contribution in [0.1, 0.15) is 12.8 Å². The van der Waals surface area contributed by atoms with E-state index in [4.69, 9.17) is 5.11 Å². The third kappa shape index (κ3) is 5.45. The highest BCUT2D eigenvalue weighted by molar-refractivity contribution is 5.46. The summed E-state index contributed by atoms with van der Waals surface area (Å²) in [6.07, 6.45) is 3.80. The van der Waals surface area contributed by atoms with E-state index in [1.807, 2.05) is 6.07 Å². The predicted molar refractivity (Wildman–Crippen MR) is 82.3 cm³/mol. The fourth-order valence-electron chi connectivity index (χ4n) is 2.58. The average Bonchev–Trinajstić information content (AvgIpc) is 2.53. The van der Waals surface area contributed by atoms with Crippen molar-refractivity contribution in [1.29, 1.82) is 0 Å². The van der Waals surface area contributed by atoms with E-state index in [2.05, 4.69) is 25.5 Å². The van der Waals surface area contributed by atoms with Crippen molar-refractivity contribution in [1.82, 2.24) is 14.9 Å². The van der Waals surface area contributed by atoms with Gasteiger partial charge in [-0.3, -0.25) is 0 Å². The van der Waals surface area contributed by atoms with Gasteiger partial charge in [0.05, 0.1) is 6.61 Å². The molecule has 2 rings (SSSR count). The van der Waals surface area contributed by atoms with Crippen molar-refractivity contribution in [3.8, 4) is 0 Å². The summed E-state index contributed by atoms with van der Waals surface area (Å²) in [4.78, 5) is 10.6. The number of likely N-dealkylation sites (tertiary alicyclic amines) is 1. The van der Waals surface area contributed by atoms with Crippen molar-refractivity contribution in [2.45, 2.75) is 12.8 Å². The number of anilines is 2. The van der Waals surface area contributed by atoms with Gasteiger partial charge in [0, 0.05) is 38.9 Å². The highest BCUT2D eigenvalue weighted by Crippen LogP contribution is 2.15. The minimum absolute atomic E-state index is 0.0771. The summed E-state index contributed by atoms with van der Waals surface area (Å²) in [5.41, 5.74) is 0. The highest BCUT2D eigenvalue weighted by atomic mass is 16.3. The molecule has 1 aliphatic heterocycles. The molecule has 1 aliphatic rings. The number of aliphatic hydroxyl groups excluding tert-OH is 2. The van der Waals surface area contributed by atoms with Crippen molar-refractivity contribution in [3.05, 3.63) is 12.4 Å². The lowest BCUT2D eigenvalue weighted by molar-refractivity contribution is 0.123. The third-order valence-corrected chi connectivity index (χ3v) is 3.68. The van der Waals surface area contributed by atoms with E-state index in [0.29, 0.717) is 18.3 Å². The van der Waals surface area contributed by atoms with Gasteiger partial charge >= 0.3 is 0 Å². The van der Waals surface area contributed by atoms with E-state index in [9.17, 15) is 5.11 Å². The largest absolute Gasteiger partial charge is 0.396 e. The van der Waals surface area contributed by atoms with Crippen LogP contribution in [0.25, 0.3) is 0 Å². The van der Waals surface area contributed by atoms with Crippen LogP contribution in [0.5, 0.6) is 0 Å². The highest BCUT2D eigenvalue weighted by Gasteiger charge is 2.18. The number of rotatable bonds is 8. The average molecular weight is 295 g/mol. The van der Waals surface area contributed by atoms with Gasteiger partial charge in [0.25, 0.3) is 0 Å². The molecule has 1 aromatic rings. The van der Waals surface area contributed by atoms with E-state index in [1.165, 1.54) is 6.33 Å². The zero-order valence-corrected chi connectivity index (χ0v) is 12.3. The first-order valence-electron chi connectivity index (χ1n) is 7.55. The summed E-state index contributed by atoms with van der Waals surface area (Å²) in [5.74, 6) is 1.91. The smallest absolute Gasteiger partial charge is 0.131 e. The zero-order valence-electron chi connectivity index (χ0n) is 12.3. The van der Waals surface area contributed by atoms with E-state index in [0.717, 1.165) is 44.8 Å². The lowest BCUT2D eigenvalue weighted by Gasteiger charge is -2.31. The first-order valence-corrected chi connectivity index (χ1v) is 7.55. The topological polar surface area (TPSA) is 93.5 Å². The van der Waals surface area contributed by atoms with E-state index in [-0.39, 0.29) is 13.2 Å². The molecular weight excluding hydrogens is 270 g/mol. The Bertz CT molecular complexity index is 418. The monoisotopic (exact) mass is 295 g/mol. The van der Waals surface area contributed by atoms with Crippen LogP contribution in [0.4, 0.5) is 11.6 Å². The van der Waals surface area contributed by atoms with Crippen molar-refractivity contribution in [3.63, 3.8) is 0 Å². The predicted octanol–water partition coefficient (Wildman–Crippen LogP) is -0.00300. The summed E-state index contributed by atoms with van der Waals surface area (Å²) < 4.78 is 0. The molecule has 1 saturated heterocycles. The Labute approximate surface area is 125 Å². The van der Waals surface area contributed by atoms with Gasteiger partial charge < -0.3 is 25.7 Å². The minimum atomic E-state index is 0.0771. The van der Waals surface area contributed by atoms with Crippen LogP contribution in [0.2, 0.25) is 0 Å². The van der Waals surface area contributed by atoms with Crippen LogP contribution in [-0.4, -0.2) is 71.0 Å². The standard InChI is InChI=1S/C14H25N5O2/c20-7-4-16-14-8-13(17-11-18-14)15-3-6-19-5-1-2-12(9-19)10-21/h8,11-12,20-21H,1-7,9-10H2,(H2,15,16,17,18). The van der Waals surface area contributed by atoms with E-state index in [1.54, 1.807) is 0 Å². The molecule has 7 nitrogen and oxygen atoms in total. The van der Waals surface area contributed by atoms with Gasteiger partial charge in [-0.05, 0) is 25.3 Å². The summed E-state index contributed by atoms with van der Waals surface area (Å²) in [6, 6.07) is 1.84. The van der Waals surface area contributed by atoms with Crippen molar-refractivity contribution in [2.75, 3.05) is 56.6 Å². The molecule has 0 spiro atoms. The van der Waals surface area contributed by atoms with Crippen molar-refractivity contribution < 1.29 is 10.2 Å². The van der Waals surface area contributed by atoms with E-state index < -0.39 is 0 Å². The Morgan fingerprint density at radius 2 is 1.95 bits per heavy atom. The van der Waals surface area contributed by atoms with Gasteiger partial charge in [-0.1, -0.05) is 0 Å². The second-order valence-electron chi connectivity index (χ2n) is 5.36. The van der Waals surface area contributed by atoms with Gasteiger partial charge in [-0.15, -0.1) is 0 Å². The van der Waals surface area contributed by atoms with Crippen LogP contribution in [0.15, 0.2) is 12.4 Å². The number of hydrogen-bond acceptors (Lipinski definition) is 7. The SMILES string of the molecule is OCCNc1cc(NCCN2CCCC(CO)C2)ncn1. The fourth-order valence-corrected chi connectivity index (χ4v) is 2.58. The second kappa shape index (κ2) is 8.76. The molecule has 0 bridgehead atoms. The molecule has 2 heterocycles. The molecule has 21 heavy (non-hydrogen) atoms. The zero-order chi connectivity index (χ0) is 14.9. The maximum atomic E-state index is 9.23. The third-order valence-electron chi connectivity index (χ3n) is 3.68. The number of piperidine rings is 1. The molecule has 0 radical (unpaired) electrons. The molecule has 1 aromatic heterocycles. The normalized spacial score (nSPS) is 19.4. The van der Waals surface area contributed by atoms with Gasteiger partial charge in [-0.2, -0.15) is 0 Å². The molecular formula is C14H25N5O2. The molecule has 1 atom stereocenters. The van der Waals surface area contributed by atoms with Crippen LogP contribution in [0.3, 0.4) is 0 Å². The Balaban J connectivity index is 1.72. The van der Waals surface area contributed by atoms with Gasteiger partial charge in [0.15, 0.2) is 0 Å². The van der Waals surface area contributed by atoms with Gasteiger partial charge in [0.1, 0.15) is 18.0 Å². The van der Waals surface area contributed by atoms with Crippen LogP contribution in [-0.2, 0) is 0 Å². The van der Waals surface area contributed by atoms with E-state index >= 15 is 0 Å². The Morgan fingerprint density at radius 1 is 1.19 bits per heavy atom. The molecule has 0 aromatic carbocycles. The summed E-state index contributed by atoms with van der Waals surface area (Å²) in [5, 5.41) is 24.3. The van der Waals surface area contributed by atoms with Crippen LogP contribution < -0.4 is 10.6 Å². The second-order valence-corrected chi connectivity index (χ2v) is 5.36. The maximum absolute atomic E-state index is 9.23. The van der Waals surface area contributed by atoms with Crippen LogP contribution in [0, 0.1) is 5.92 Å². The van der Waals surface area contributed by atoms with Crippen molar-refractivity contribution >= 4 is 11.6 Å².